The first-order chi connectivity index (χ1) is 11.1. The summed E-state index contributed by atoms with van der Waals surface area (Å²) in [5.74, 6) is 1.18. The zero-order valence-corrected chi connectivity index (χ0v) is 14.6. The number of nitrogens with zero attached hydrogens (tertiary/aromatic N) is 5. The standard InChI is InChI=1S/C18H27N5/c1-14(2)21(4)13-17-11-20-18-15(3)22(9-10-23(17)18)12-16-7-5-6-8-19-16/h5-8,11,14-15H,9-10,12-13H2,1-4H3. The molecule has 1 atom stereocenters. The molecule has 5 nitrogen and oxygen atoms in total. The Labute approximate surface area is 139 Å². The van der Waals surface area contributed by atoms with Crippen molar-refractivity contribution < 1.29 is 0 Å². The lowest BCUT2D eigenvalue weighted by molar-refractivity contribution is 0.151. The molecule has 3 rings (SSSR count). The molecule has 1 aliphatic rings. The van der Waals surface area contributed by atoms with Gasteiger partial charge < -0.3 is 4.57 Å². The normalized spacial score (nSPS) is 18.6. The van der Waals surface area contributed by atoms with Gasteiger partial charge in [-0.05, 0) is 40.0 Å². The number of imidazole rings is 1. The van der Waals surface area contributed by atoms with E-state index in [-0.39, 0.29) is 0 Å². The summed E-state index contributed by atoms with van der Waals surface area (Å²) in [4.78, 5) is 14.0. The molecular weight excluding hydrogens is 286 g/mol. The number of fused-ring (bicyclic) bond motifs is 1. The zero-order chi connectivity index (χ0) is 16.4. The van der Waals surface area contributed by atoms with Crippen molar-refractivity contribution in [1.29, 1.82) is 0 Å². The predicted octanol–water partition coefficient (Wildman–Crippen LogP) is 2.70. The molecule has 0 fully saturated rings. The molecule has 3 heterocycles. The average Bonchev–Trinajstić information content (AvgIpc) is 2.95. The number of pyridine rings is 1. The Morgan fingerprint density at radius 2 is 2.09 bits per heavy atom. The van der Waals surface area contributed by atoms with Gasteiger partial charge in [-0.15, -0.1) is 0 Å². The van der Waals surface area contributed by atoms with Gasteiger partial charge in [0.25, 0.3) is 0 Å². The van der Waals surface area contributed by atoms with Gasteiger partial charge in [0.15, 0.2) is 0 Å². The van der Waals surface area contributed by atoms with Crippen LogP contribution in [0.25, 0.3) is 0 Å². The minimum Gasteiger partial charge on any atom is -0.328 e. The van der Waals surface area contributed by atoms with E-state index in [4.69, 9.17) is 4.98 Å². The second-order valence-corrected chi connectivity index (χ2v) is 6.74. The lowest BCUT2D eigenvalue weighted by Gasteiger charge is -2.34. The van der Waals surface area contributed by atoms with Gasteiger partial charge >= 0.3 is 0 Å². The summed E-state index contributed by atoms with van der Waals surface area (Å²) in [6.07, 6.45) is 3.92. The molecule has 0 bridgehead atoms. The molecule has 0 saturated heterocycles. The Hall–Kier alpha value is -1.72. The lowest BCUT2D eigenvalue weighted by Crippen LogP contribution is -2.38. The molecule has 0 spiro atoms. The molecular formula is C18H27N5. The van der Waals surface area contributed by atoms with Crippen LogP contribution in [0, 0.1) is 0 Å². The maximum Gasteiger partial charge on any atom is 0.126 e. The highest BCUT2D eigenvalue weighted by Crippen LogP contribution is 2.27. The highest BCUT2D eigenvalue weighted by atomic mass is 15.3. The Balaban J connectivity index is 1.73. The van der Waals surface area contributed by atoms with Crippen LogP contribution in [-0.2, 0) is 19.6 Å². The Morgan fingerprint density at radius 3 is 2.78 bits per heavy atom. The Morgan fingerprint density at radius 1 is 1.26 bits per heavy atom. The topological polar surface area (TPSA) is 37.2 Å². The number of hydrogen-bond donors (Lipinski definition) is 0. The van der Waals surface area contributed by atoms with E-state index in [1.54, 1.807) is 0 Å². The number of hydrogen-bond acceptors (Lipinski definition) is 4. The van der Waals surface area contributed by atoms with Crippen LogP contribution in [0.4, 0.5) is 0 Å². The lowest BCUT2D eigenvalue weighted by atomic mass is 10.2. The quantitative estimate of drug-likeness (QED) is 0.850. The molecule has 23 heavy (non-hydrogen) atoms. The van der Waals surface area contributed by atoms with E-state index >= 15 is 0 Å². The van der Waals surface area contributed by atoms with E-state index < -0.39 is 0 Å². The third-order valence-corrected chi connectivity index (χ3v) is 4.89. The van der Waals surface area contributed by atoms with Crippen molar-refractivity contribution in [2.75, 3.05) is 13.6 Å². The van der Waals surface area contributed by atoms with E-state index in [0.717, 1.165) is 31.9 Å². The fourth-order valence-corrected chi connectivity index (χ4v) is 3.08. The van der Waals surface area contributed by atoms with E-state index in [9.17, 15) is 0 Å². The molecule has 0 N–H and O–H groups in total. The van der Waals surface area contributed by atoms with Crippen LogP contribution < -0.4 is 0 Å². The Kier molecular flexibility index (Phi) is 4.78. The smallest absolute Gasteiger partial charge is 0.126 e. The van der Waals surface area contributed by atoms with Crippen molar-refractivity contribution in [3.05, 3.63) is 47.8 Å². The van der Waals surface area contributed by atoms with E-state index in [2.05, 4.69) is 65.5 Å². The van der Waals surface area contributed by atoms with Crippen LogP contribution >= 0.6 is 0 Å². The van der Waals surface area contributed by atoms with Crippen molar-refractivity contribution in [3.8, 4) is 0 Å². The molecule has 0 saturated carbocycles. The maximum absolute atomic E-state index is 4.72. The average molecular weight is 313 g/mol. The monoisotopic (exact) mass is 313 g/mol. The predicted molar refractivity (Wildman–Crippen MR) is 91.9 cm³/mol. The van der Waals surface area contributed by atoms with Crippen molar-refractivity contribution in [3.63, 3.8) is 0 Å². The minimum atomic E-state index is 0.323. The second-order valence-electron chi connectivity index (χ2n) is 6.74. The fourth-order valence-electron chi connectivity index (χ4n) is 3.08. The van der Waals surface area contributed by atoms with Gasteiger partial charge in [0.05, 0.1) is 17.4 Å². The van der Waals surface area contributed by atoms with Crippen molar-refractivity contribution >= 4 is 0 Å². The summed E-state index contributed by atoms with van der Waals surface area (Å²) >= 11 is 0. The van der Waals surface area contributed by atoms with Crippen molar-refractivity contribution in [1.82, 2.24) is 24.3 Å². The fraction of sp³-hybridized carbons (Fsp3) is 0.556. The zero-order valence-electron chi connectivity index (χ0n) is 14.6. The molecule has 124 valence electrons. The van der Waals surface area contributed by atoms with Gasteiger partial charge in [-0.25, -0.2) is 4.98 Å². The van der Waals surface area contributed by atoms with Gasteiger partial charge in [-0.1, -0.05) is 6.07 Å². The summed E-state index contributed by atoms with van der Waals surface area (Å²) in [5, 5.41) is 0. The molecule has 0 aliphatic carbocycles. The molecule has 5 heteroatoms. The highest BCUT2D eigenvalue weighted by Gasteiger charge is 2.27. The van der Waals surface area contributed by atoms with Gasteiger partial charge in [-0.2, -0.15) is 0 Å². The van der Waals surface area contributed by atoms with Crippen LogP contribution in [0.2, 0.25) is 0 Å². The van der Waals surface area contributed by atoms with Crippen LogP contribution in [0.15, 0.2) is 30.6 Å². The van der Waals surface area contributed by atoms with Crippen LogP contribution in [0.1, 0.15) is 44.0 Å². The van der Waals surface area contributed by atoms with Gasteiger partial charge in [-0.3, -0.25) is 14.8 Å². The molecule has 0 amide bonds. The van der Waals surface area contributed by atoms with E-state index in [1.165, 1.54) is 11.5 Å². The van der Waals surface area contributed by atoms with Crippen LogP contribution in [-0.4, -0.2) is 44.0 Å². The molecule has 0 radical (unpaired) electrons. The van der Waals surface area contributed by atoms with Gasteiger partial charge in [0.1, 0.15) is 5.82 Å². The largest absolute Gasteiger partial charge is 0.328 e. The third-order valence-electron chi connectivity index (χ3n) is 4.89. The molecule has 2 aromatic rings. The molecule has 2 aromatic heterocycles. The first-order valence-electron chi connectivity index (χ1n) is 8.44. The van der Waals surface area contributed by atoms with Crippen molar-refractivity contribution in [2.45, 2.75) is 52.5 Å². The summed E-state index contributed by atoms with van der Waals surface area (Å²) in [5.41, 5.74) is 2.44. The maximum atomic E-state index is 4.72. The summed E-state index contributed by atoms with van der Waals surface area (Å²) in [6, 6.07) is 6.98. The molecule has 0 aromatic carbocycles. The minimum absolute atomic E-state index is 0.323. The van der Waals surface area contributed by atoms with E-state index in [0.29, 0.717) is 12.1 Å². The second kappa shape index (κ2) is 6.81. The SMILES string of the molecule is CC(C)N(C)Cc1cnc2n1CCN(Cc1ccccn1)C2C. The Bertz CT molecular complexity index is 634. The number of aromatic nitrogens is 3. The summed E-state index contributed by atoms with van der Waals surface area (Å²) < 4.78 is 2.40. The van der Waals surface area contributed by atoms with Crippen LogP contribution in [0.3, 0.4) is 0 Å². The summed E-state index contributed by atoms with van der Waals surface area (Å²) in [6.45, 7) is 10.6. The van der Waals surface area contributed by atoms with Crippen molar-refractivity contribution in [2.24, 2.45) is 0 Å². The highest BCUT2D eigenvalue weighted by molar-refractivity contribution is 5.12. The first-order valence-corrected chi connectivity index (χ1v) is 8.44. The third kappa shape index (κ3) is 3.46. The summed E-state index contributed by atoms with van der Waals surface area (Å²) in [7, 11) is 2.17. The number of rotatable bonds is 5. The molecule has 1 unspecified atom stereocenters. The van der Waals surface area contributed by atoms with Crippen LogP contribution in [0.5, 0.6) is 0 Å². The van der Waals surface area contributed by atoms with E-state index in [1.807, 2.05) is 12.3 Å². The van der Waals surface area contributed by atoms with Gasteiger partial charge in [0, 0.05) is 44.6 Å². The van der Waals surface area contributed by atoms with Gasteiger partial charge in [0.2, 0.25) is 0 Å². The first kappa shape index (κ1) is 16.1. The molecule has 1 aliphatic heterocycles.